The maximum absolute atomic E-state index is 12.2. The first-order valence-corrected chi connectivity index (χ1v) is 8.74. The molecule has 0 saturated carbocycles. The molecule has 4 nitrogen and oxygen atoms in total. The molecule has 3 aromatic carbocycles. The predicted molar refractivity (Wildman–Crippen MR) is 104 cm³/mol. The molecule has 1 N–H and O–H groups in total. The quantitative estimate of drug-likeness (QED) is 0.653. The standard InChI is InChI=1S/C22H23NO3/c1-16-7-10-20(11-8-16)25-14-13-23-22(24)17(2)26-21-12-9-18-5-3-4-6-19(18)15-21/h3-12,15,17H,13-14H2,1-2H3,(H,23,24)/t17-/m1/s1. The van der Waals surface area contributed by atoms with Gasteiger partial charge in [-0.2, -0.15) is 0 Å². The van der Waals surface area contributed by atoms with Crippen molar-refractivity contribution in [2.24, 2.45) is 0 Å². The number of carbonyl (C=O) groups is 1. The third-order valence-corrected chi connectivity index (χ3v) is 4.09. The van der Waals surface area contributed by atoms with Crippen LogP contribution in [0.3, 0.4) is 0 Å². The van der Waals surface area contributed by atoms with E-state index in [2.05, 4.69) is 5.32 Å². The van der Waals surface area contributed by atoms with Crippen LogP contribution >= 0.6 is 0 Å². The lowest BCUT2D eigenvalue weighted by atomic mass is 10.1. The Labute approximate surface area is 153 Å². The number of carbonyl (C=O) groups excluding carboxylic acids is 1. The largest absolute Gasteiger partial charge is 0.492 e. The van der Waals surface area contributed by atoms with Gasteiger partial charge in [0.05, 0.1) is 6.54 Å². The van der Waals surface area contributed by atoms with E-state index in [1.54, 1.807) is 6.92 Å². The van der Waals surface area contributed by atoms with Crippen molar-refractivity contribution in [3.63, 3.8) is 0 Å². The zero-order valence-electron chi connectivity index (χ0n) is 15.1. The fraction of sp³-hybridized carbons (Fsp3) is 0.227. The number of fused-ring (bicyclic) bond motifs is 1. The van der Waals surface area contributed by atoms with Gasteiger partial charge in [-0.25, -0.2) is 0 Å². The molecule has 0 aliphatic heterocycles. The van der Waals surface area contributed by atoms with Gasteiger partial charge in [0.2, 0.25) is 0 Å². The molecular formula is C22H23NO3. The van der Waals surface area contributed by atoms with Crippen molar-refractivity contribution in [2.75, 3.05) is 13.2 Å². The third-order valence-electron chi connectivity index (χ3n) is 4.09. The Kier molecular flexibility index (Phi) is 5.74. The molecule has 0 spiro atoms. The normalized spacial score (nSPS) is 11.8. The number of aryl methyl sites for hydroxylation is 1. The highest BCUT2D eigenvalue weighted by atomic mass is 16.5. The Balaban J connectivity index is 1.45. The molecule has 0 aliphatic carbocycles. The number of hydrogen-bond acceptors (Lipinski definition) is 3. The van der Waals surface area contributed by atoms with Gasteiger partial charge in [0.1, 0.15) is 18.1 Å². The highest BCUT2D eigenvalue weighted by molar-refractivity contribution is 5.84. The third kappa shape index (κ3) is 4.76. The molecule has 0 unspecified atom stereocenters. The van der Waals surface area contributed by atoms with Crippen LogP contribution in [0, 0.1) is 6.92 Å². The number of amides is 1. The number of ether oxygens (including phenoxy) is 2. The first-order chi connectivity index (χ1) is 12.6. The van der Waals surface area contributed by atoms with Crippen LogP contribution in [0.5, 0.6) is 11.5 Å². The van der Waals surface area contributed by atoms with E-state index in [9.17, 15) is 4.79 Å². The second kappa shape index (κ2) is 8.39. The van der Waals surface area contributed by atoms with Crippen LogP contribution in [0.1, 0.15) is 12.5 Å². The Morgan fingerprint density at radius 3 is 2.42 bits per heavy atom. The Bertz CT molecular complexity index is 874. The van der Waals surface area contributed by atoms with E-state index in [1.807, 2.05) is 73.7 Å². The minimum atomic E-state index is -0.574. The van der Waals surface area contributed by atoms with E-state index >= 15 is 0 Å². The van der Waals surface area contributed by atoms with Crippen molar-refractivity contribution in [1.82, 2.24) is 5.32 Å². The molecule has 0 bridgehead atoms. The van der Waals surface area contributed by atoms with Gasteiger partial charge < -0.3 is 14.8 Å². The minimum Gasteiger partial charge on any atom is -0.492 e. The zero-order valence-corrected chi connectivity index (χ0v) is 15.1. The lowest BCUT2D eigenvalue weighted by Gasteiger charge is -2.15. The molecule has 0 aromatic heterocycles. The van der Waals surface area contributed by atoms with Gasteiger partial charge in [-0.3, -0.25) is 4.79 Å². The molecule has 0 aliphatic rings. The summed E-state index contributed by atoms with van der Waals surface area (Å²) in [7, 11) is 0. The lowest BCUT2D eigenvalue weighted by Crippen LogP contribution is -2.38. The first-order valence-electron chi connectivity index (χ1n) is 8.74. The fourth-order valence-corrected chi connectivity index (χ4v) is 2.62. The highest BCUT2D eigenvalue weighted by Crippen LogP contribution is 2.21. The second-order valence-electron chi connectivity index (χ2n) is 6.22. The van der Waals surface area contributed by atoms with Crippen LogP contribution in [-0.4, -0.2) is 25.2 Å². The summed E-state index contributed by atoms with van der Waals surface area (Å²) in [6.07, 6.45) is -0.574. The van der Waals surface area contributed by atoms with E-state index < -0.39 is 6.10 Å². The lowest BCUT2D eigenvalue weighted by molar-refractivity contribution is -0.127. The SMILES string of the molecule is Cc1ccc(OCCNC(=O)[C@@H](C)Oc2ccc3ccccc3c2)cc1. The molecule has 0 saturated heterocycles. The van der Waals surface area contributed by atoms with Crippen LogP contribution in [0.2, 0.25) is 0 Å². The van der Waals surface area contributed by atoms with E-state index in [0.29, 0.717) is 18.9 Å². The molecule has 0 radical (unpaired) electrons. The number of rotatable bonds is 7. The summed E-state index contributed by atoms with van der Waals surface area (Å²) in [6.45, 7) is 4.61. The van der Waals surface area contributed by atoms with Gasteiger partial charge in [-0.15, -0.1) is 0 Å². The van der Waals surface area contributed by atoms with Crippen LogP contribution in [0.4, 0.5) is 0 Å². The van der Waals surface area contributed by atoms with Crippen LogP contribution < -0.4 is 14.8 Å². The molecule has 3 aromatic rings. The van der Waals surface area contributed by atoms with Gasteiger partial charge in [0.25, 0.3) is 5.91 Å². The summed E-state index contributed by atoms with van der Waals surface area (Å²) in [5.74, 6) is 1.32. The second-order valence-corrected chi connectivity index (χ2v) is 6.22. The van der Waals surface area contributed by atoms with Gasteiger partial charge in [0.15, 0.2) is 6.10 Å². The molecule has 1 amide bonds. The van der Waals surface area contributed by atoms with Crippen LogP contribution in [0.25, 0.3) is 10.8 Å². The van der Waals surface area contributed by atoms with Crippen LogP contribution in [-0.2, 0) is 4.79 Å². The van der Waals surface area contributed by atoms with Crippen molar-refractivity contribution in [3.8, 4) is 11.5 Å². The number of benzene rings is 3. The molecule has 3 rings (SSSR count). The summed E-state index contributed by atoms with van der Waals surface area (Å²) >= 11 is 0. The smallest absolute Gasteiger partial charge is 0.260 e. The number of hydrogen-bond donors (Lipinski definition) is 1. The maximum atomic E-state index is 12.2. The van der Waals surface area contributed by atoms with E-state index in [-0.39, 0.29) is 5.91 Å². The summed E-state index contributed by atoms with van der Waals surface area (Å²) in [5.41, 5.74) is 1.19. The molecule has 0 heterocycles. The average Bonchev–Trinajstić information content (AvgIpc) is 2.66. The monoisotopic (exact) mass is 349 g/mol. The molecule has 1 atom stereocenters. The van der Waals surface area contributed by atoms with Crippen molar-refractivity contribution in [1.29, 1.82) is 0 Å². The van der Waals surface area contributed by atoms with Gasteiger partial charge in [-0.1, -0.05) is 48.0 Å². The summed E-state index contributed by atoms with van der Waals surface area (Å²) in [4.78, 5) is 12.2. The molecule has 0 fully saturated rings. The summed E-state index contributed by atoms with van der Waals surface area (Å²) in [6, 6.07) is 21.7. The van der Waals surface area contributed by atoms with Crippen molar-refractivity contribution >= 4 is 16.7 Å². The van der Waals surface area contributed by atoms with E-state index in [1.165, 1.54) is 5.56 Å². The summed E-state index contributed by atoms with van der Waals surface area (Å²) in [5, 5.41) is 5.06. The number of nitrogens with one attached hydrogen (secondary N) is 1. The van der Waals surface area contributed by atoms with E-state index in [0.717, 1.165) is 16.5 Å². The Hall–Kier alpha value is -3.01. The van der Waals surface area contributed by atoms with Crippen LogP contribution in [0.15, 0.2) is 66.7 Å². The average molecular weight is 349 g/mol. The van der Waals surface area contributed by atoms with Gasteiger partial charge in [-0.05, 0) is 48.9 Å². The molecule has 26 heavy (non-hydrogen) atoms. The highest BCUT2D eigenvalue weighted by Gasteiger charge is 2.14. The van der Waals surface area contributed by atoms with E-state index in [4.69, 9.17) is 9.47 Å². The van der Waals surface area contributed by atoms with Gasteiger partial charge in [0, 0.05) is 0 Å². The first kappa shape index (κ1) is 17.8. The topological polar surface area (TPSA) is 47.6 Å². The Morgan fingerprint density at radius 2 is 1.65 bits per heavy atom. The predicted octanol–water partition coefficient (Wildman–Crippen LogP) is 4.11. The molecule has 134 valence electrons. The Morgan fingerprint density at radius 1 is 0.962 bits per heavy atom. The van der Waals surface area contributed by atoms with Crippen molar-refractivity contribution in [3.05, 3.63) is 72.3 Å². The van der Waals surface area contributed by atoms with Crippen molar-refractivity contribution < 1.29 is 14.3 Å². The minimum absolute atomic E-state index is 0.161. The fourth-order valence-electron chi connectivity index (χ4n) is 2.62. The zero-order chi connectivity index (χ0) is 18.4. The molecule has 4 heteroatoms. The summed E-state index contributed by atoms with van der Waals surface area (Å²) < 4.78 is 11.4. The maximum Gasteiger partial charge on any atom is 0.260 e. The van der Waals surface area contributed by atoms with Gasteiger partial charge >= 0.3 is 0 Å². The van der Waals surface area contributed by atoms with Crippen molar-refractivity contribution in [2.45, 2.75) is 20.0 Å². The molecular weight excluding hydrogens is 326 g/mol.